The first kappa shape index (κ1) is 20.4. The summed E-state index contributed by atoms with van der Waals surface area (Å²) in [5, 5.41) is 1.24. The van der Waals surface area contributed by atoms with E-state index in [-0.39, 0.29) is 5.28 Å². The Hall–Kier alpha value is -2.83. The minimum atomic E-state index is 0.248. The molecule has 2 aromatic heterocycles. The Bertz CT molecular complexity index is 1190. The predicted octanol–water partition coefficient (Wildman–Crippen LogP) is 5.97. The Morgan fingerprint density at radius 2 is 1.73 bits per heavy atom. The summed E-state index contributed by atoms with van der Waals surface area (Å²) in [6.07, 6.45) is 0. The third kappa shape index (κ3) is 3.80. The van der Waals surface area contributed by atoms with E-state index in [2.05, 4.69) is 33.9 Å². The molecular weight excluding hydrogens is 418 g/mol. The molecule has 154 valence electrons. The van der Waals surface area contributed by atoms with Crippen LogP contribution in [0.1, 0.15) is 10.4 Å². The normalized spacial score (nSPS) is 11.0. The van der Waals surface area contributed by atoms with Gasteiger partial charge in [0, 0.05) is 24.0 Å². The summed E-state index contributed by atoms with van der Waals surface area (Å²) >= 11 is 7.90. The van der Waals surface area contributed by atoms with E-state index in [0.29, 0.717) is 18.0 Å². The first-order valence-corrected chi connectivity index (χ1v) is 10.7. The quantitative estimate of drug-likeness (QED) is 0.346. The van der Waals surface area contributed by atoms with Gasteiger partial charge >= 0.3 is 0 Å². The van der Waals surface area contributed by atoms with Crippen LogP contribution in [0.15, 0.2) is 48.5 Å². The largest absolute Gasteiger partial charge is 0.493 e. The number of benzene rings is 2. The highest BCUT2D eigenvalue weighted by atomic mass is 35.5. The molecule has 0 radical (unpaired) electrons. The first-order valence-electron chi connectivity index (χ1n) is 9.46. The molecule has 30 heavy (non-hydrogen) atoms. The fraction of sp³-hybridized carbons (Fsp3) is 0.217. The fourth-order valence-electron chi connectivity index (χ4n) is 3.62. The van der Waals surface area contributed by atoms with Crippen molar-refractivity contribution in [3.05, 3.63) is 64.3 Å². The van der Waals surface area contributed by atoms with E-state index in [4.69, 9.17) is 21.1 Å². The molecule has 0 saturated heterocycles. The molecule has 2 heterocycles. The Morgan fingerprint density at radius 3 is 2.43 bits per heavy atom. The lowest BCUT2D eigenvalue weighted by molar-refractivity contribution is 0.355. The van der Waals surface area contributed by atoms with Gasteiger partial charge < -0.3 is 14.4 Å². The van der Waals surface area contributed by atoms with Crippen LogP contribution in [0.5, 0.6) is 11.5 Å². The molecule has 4 aromatic rings. The van der Waals surface area contributed by atoms with Crippen LogP contribution in [0.25, 0.3) is 21.3 Å². The Kier molecular flexibility index (Phi) is 5.79. The predicted molar refractivity (Wildman–Crippen MR) is 124 cm³/mol. The second kappa shape index (κ2) is 8.50. The van der Waals surface area contributed by atoms with Crippen LogP contribution in [-0.2, 0) is 6.54 Å². The highest BCUT2D eigenvalue weighted by Crippen LogP contribution is 2.44. The number of ether oxygens (including phenoxy) is 2. The molecule has 0 unspecified atom stereocenters. The van der Waals surface area contributed by atoms with E-state index in [9.17, 15) is 0 Å². The smallest absolute Gasteiger partial charge is 0.225 e. The van der Waals surface area contributed by atoms with Crippen molar-refractivity contribution in [1.29, 1.82) is 0 Å². The summed E-state index contributed by atoms with van der Waals surface area (Å²) in [7, 11) is 5.30. The summed E-state index contributed by atoms with van der Waals surface area (Å²) in [6.45, 7) is 2.80. The molecule has 0 aliphatic carbocycles. The van der Waals surface area contributed by atoms with E-state index >= 15 is 0 Å². The Labute approximate surface area is 184 Å². The molecule has 7 heteroatoms. The first-order chi connectivity index (χ1) is 14.5. The highest BCUT2D eigenvalue weighted by Gasteiger charge is 2.21. The van der Waals surface area contributed by atoms with E-state index < -0.39 is 0 Å². The van der Waals surface area contributed by atoms with Gasteiger partial charge in [0.15, 0.2) is 11.5 Å². The van der Waals surface area contributed by atoms with Crippen molar-refractivity contribution in [2.75, 3.05) is 26.2 Å². The van der Waals surface area contributed by atoms with Crippen LogP contribution in [-0.4, -0.2) is 31.2 Å². The van der Waals surface area contributed by atoms with Crippen molar-refractivity contribution in [3.63, 3.8) is 0 Å². The van der Waals surface area contributed by atoms with Gasteiger partial charge in [-0.3, -0.25) is 0 Å². The molecule has 0 spiro atoms. The minimum Gasteiger partial charge on any atom is -0.493 e. The van der Waals surface area contributed by atoms with E-state index in [1.165, 1.54) is 5.56 Å². The number of anilines is 1. The number of thiophene rings is 1. The van der Waals surface area contributed by atoms with Crippen LogP contribution in [0, 0.1) is 6.92 Å². The number of rotatable bonds is 6. The standard InChI is InChI=1S/C23H22ClN3O2S/c1-14-19(16-10-11-17(28-3)18(12-16)29-4)20-21(25-23(24)26-22(20)30-14)27(2)13-15-8-6-5-7-9-15/h5-12H,13H2,1-4H3. The molecule has 5 nitrogen and oxygen atoms in total. The molecule has 0 atom stereocenters. The van der Waals surface area contributed by atoms with Gasteiger partial charge in [0.1, 0.15) is 10.6 Å². The number of aryl methyl sites for hydroxylation is 1. The molecule has 4 rings (SSSR count). The third-order valence-electron chi connectivity index (χ3n) is 4.98. The lowest BCUT2D eigenvalue weighted by Gasteiger charge is -2.20. The number of halogens is 1. The monoisotopic (exact) mass is 439 g/mol. The summed E-state index contributed by atoms with van der Waals surface area (Å²) in [6, 6.07) is 16.2. The van der Waals surface area contributed by atoms with Gasteiger partial charge in [0.2, 0.25) is 5.28 Å². The Morgan fingerprint density at radius 1 is 1.00 bits per heavy atom. The van der Waals surface area contributed by atoms with Crippen molar-refractivity contribution in [1.82, 2.24) is 9.97 Å². The molecule has 0 saturated carbocycles. The molecular formula is C23H22ClN3O2S. The lowest BCUT2D eigenvalue weighted by atomic mass is 10.0. The maximum Gasteiger partial charge on any atom is 0.225 e. The average Bonchev–Trinajstić information content (AvgIpc) is 3.08. The molecule has 0 aliphatic heterocycles. The van der Waals surface area contributed by atoms with Crippen molar-refractivity contribution in [2.45, 2.75) is 13.5 Å². The molecule has 0 amide bonds. The third-order valence-corrected chi connectivity index (χ3v) is 6.15. The maximum atomic E-state index is 6.29. The van der Waals surface area contributed by atoms with Gasteiger partial charge in [0.05, 0.1) is 19.6 Å². The van der Waals surface area contributed by atoms with Crippen molar-refractivity contribution in [2.24, 2.45) is 0 Å². The number of hydrogen-bond acceptors (Lipinski definition) is 6. The molecule has 2 aromatic carbocycles. The zero-order valence-corrected chi connectivity index (χ0v) is 18.8. The summed E-state index contributed by atoms with van der Waals surface area (Å²) in [4.78, 5) is 13.2. The van der Waals surface area contributed by atoms with Crippen LogP contribution in [0.4, 0.5) is 5.82 Å². The van der Waals surface area contributed by atoms with Gasteiger partial charge in [-0.15, -0.1) is 11.3 Å². The van der Waals surface area contributed by atoms with Gasteiger partial charge in [-0.2, -0.15) is 4.98 Å². The number of hydrogen-bond donors (Lipinski definition) is 0. The number of aromatic nitrogens is 2. The second-order valence-corrected chi connectivity index (χ2v) is 8.48. The van der Waals surface area contributed by atoms with Crippen LogP contribution in [0.3, 0.4) is 0 Å². The van der Waals surface area contributed by atoms with E-state index in [1.807, 2.05) is 43.4 Å². The van der Waals surface area contributed by atoms with Gasteiger partial charge in [-0.25, -0.2) is 4.98 Å². The van der Waals surface area contributed by atoms with Gasteiger partial charge in [0.25, 0.3) is 0 Å². The topological polar surface area (TPSA) is 47.5 Å². The minimum absolute atomic E-state index is 0.248. The highest BCUT2D eigenvalue weighted by molar-refractivity contribution is 7.19. The zero-order valence-electron chi connectivity index (χ0n) is 17.3. The van der Waals surface area contributed by atoms with Crippen molar-refractivity contribution < 1.29 is 9.47 Å². The van der Waals surface area contributed by atoms with E-state index in [1.54, 1.807) is 25.6 Å². The summed E-state index contributed by atoms with van der Waals surface area (Å²) < 4.78 is 10.9. The van der Waals surface area contributed by atoms with Crippen LogP contribution < -0.4 is 14.4 Å². The average molecular weight is 440 g/mol. The summed E-state index contributed by atoms with van der Waals surface area (Å²) in [5.41, 5.74) is 3.31. The van der Waals surface area contributed by atoms with Crippen LogP contribution in [0.2, 0.25) is 5.28 Å². The second-order valence-electron chi connectivity index (χ2n) is 6.94. The molecule has 0 fully saturated rings. The van der Waals surface area contributed by atoms with Crippen molar-refractivity contribution in [3.8, 4) is 22.6 Å². The molecule has 0 aliphatic rings. The zero-order chi connectivity index (χ0) is 21.3. The van der Waals surface area contributed by atoms with Crippen molar-refractivity contribution >= 4 is 39.0 Å². The number of fused-ring (bicyclic) bond motifs is 1. The SMILES string of the molecule is COc1ccc(-c2c(C)sc3nc(Cl)nc(N(C)Cc4ccccc4)c23)cc1OC. The summed E-state index contributed by atoms with van der Waals surface area (Å²) in [5.74, 6) is 2.19. The Balaban J connectivity index is 1.88. The molecule has 0 bridgehead atoms. The van der Waals surface area contributed by atoms with Gasteiger partial charge in [-0.1, -0.05) is 36.4 Å². The number of methoxy groups -OCH3 is 2. The maximum absolute atomic E-state index is 6.29. The lowest BCUT2D eigenvalue weighted by Crippen LogP contribution is -2.18. The van der Waals surface area contributed by atoms with Gasteiger partial charge in [-0.05, 0) is 41.8 Å². The van der Waals surface area contributed by atoms with Crippen LogP contribution >= 0.6 is 22.9 Å². The molecule has 0 N–H and O–H groups in total. The van der Waals surface area contributed by atoms with E-state index in [0.717, 1.165) is 32.0 Å². The number of nitrogens with zero attached hydrogens (tertiary/aromatic N) is 3. The fourth-order valence-corrected chi connectivity index (χ4v) is 4.87.